The van der Waals surface area contributed by atoms with Crippen molar-refractivity contribution in [1.29, 1.82) is 0 Å². The molecule has 3 nitrogen and oxygen atoms in total. The monoisotopic (exact) mass is 229 g/mol. The van der Waals surface area contributed by atoms with Gasteiger partial charge < -0.3 is 10.3 Å². The summed E-state index contributed by atoms with van der Waals surface area (Å²) in [5.74, 6) is 1.32. The molecule has 0 saturated carbocycles. The van der Waals surface area contributed by atoms with Crippen LogP contribution in [-0.2, 0) is 6.54 Å². The van der Waals surface area contributed by atoms with E-state index in [9.17, 15) is 0 Å². The Hall–Kier alpha value is -1.77. The third-order valence-corrected chi connectivity index (χ3v) is 2.73. The van der Waals surface area contributed by atoms with Gasteiger partial charge in [0.05, 0.1) is 6.33 Å². The number of anilines is 1. The summed E-state index contributed by atoms with van der Waals surface area (Å²) >= 11 is 0. The van der Waals surface area contributed by atoms with E-state index in [1.54, 1.807) is 0 Å². The molecule has 1 aromatic heterocycles. The molecule has 1 aromatic carbocycles. The number of nitrogen functional groups attached to an aromatic ring is 1. The zero-order valence-electron chi connectivity index (χ0n) is 10.6. The van der Waals surface area contributed by atoms with Crippen LogP contribution < -0.4 is 5.73 Å². The van der Waals surface area contributed by atoms with Gasteiger partial charge in [-0.25, -0.2) is 4.98 Å². The molecule has 0 unspecified atom stereocenters. The van der Waals surface area contributed by atoms with Gasteiger partial charge in [-0.05, 0) is 18.9 Å². The molecule has 2 N–H and O–H groups in total. The highest BCUT2D eigenvalue weighted by Gasteiger charge is 2.10. The number of nitrogens with zero attached hydrogens (tertiary/aromatic N) is 2. The fraction of sp³-hybridized carbons (Fsp3) is 0.357. The van der Waals surface area contributed by atoms with E-state index in [1.165, 1.54) is 5.56 Å². The minimum atomic E-state index is 0.567. The van der Waals surface area contributed by atoms with Crippen molar-refractivity contribution in [2.45, 2.75) is 27.3 Å². The molecule has 0 amide bonds. The van der Waals surface area contributed by atoms with Crippen LogP contribution in [0.2, 0.25) is 0 Å². The largest absolute Gasteiger partial charge is 0.383 e. The van der Waals surface area contributed by atoms with Crippen LogP contribution in [-0.4, -0.2) is 9.55 Å². The van der Waals surface area contributed by atoms with Crippen LogP contribution in [0.5, 0.6) is 0 Å². The number of nitrogens with two attached hydrogens (primary N) is 1. The van der Waals surface area contributed by atoms with E-state index in [0.29, 0.717) is 5.92 Å². The number of hydrogen-bond donors (Lipinski definition) is 1. The van der Waals surface area contributed by atoms with Crippen LogP contribution in [0.3, 0.4) is 0 Å². The molecule has 17 heavy (non-hydrogen) atoms. The number of aromatic nitrogens is 2. The molecule has 0 spiro atoms. The fourth-order valence-electron chi connectivity index (χ4n) is 1.95. The lowest BCUT2D eigenvalue weighted by atomic mass is 10.1. The summed E-state index contributed by atoms with van der Waals surface area (Å²) in [5, 5.41) is 0. The molecule has 1 heterocycles. The van der Waals surface area contributed by atoms with E-state index < -0.39 is 0 Å². The highest BCUT2D eigenvalue weighted by atomic mass is 15.1. The SMILES string of the molecule is Cc1cccc(-c2ncn(CC(C)C)c2N)c1. The number of benzene rings is 1. The Balaban J connectivity index is 2.37. The molecule has 0 aliphatic carbocycles. The summed E-state index contributed by atoms with van der Waals surface area (Å²) in [7, 11) is 0. The van der Waals surface area contributed by atoms with Crippen LogP contribution in [0.25, 0.3) is 11.3 Å². The highest BCUT2D eigenvalue weighted by Crippen LogP contribution is 2.25. The first-order valence-corrected chi connectivity index (χ1v) is 5.95. The van der Waals surface area contributed by atoms with Crippen molar-refractivity contribution in [2.75, 3.05) is 5.73 Å². The summed E-state index contributed by atoms with van der Waals surface area (Å²) < 4.78 is 2.02. The average molecular weight is 229 g/mol. The summed E-state index contributed by atoms with van der Waals surface area (Å²) in [6.07, 6.45) is 1.83. The summed E-state index contributed by atoms with van der Waals surface area (Å²) in [6, 6.07) is 8.26. The molecule has 0 radical (unpaired) electrons. The first-order valence-electron chi connectivity index (χ1n) is 5.95. The third-order valence-electron chi connectivity index (χ3n) is 2.73. The van der Waals surface area contributed by atoms with Gasteiger partial charge in [0.15, 0.2) is 0 Å². The van der Waals surface area contributed by atoms with Crippen molar-refractivity contribution in [2.24, 2.45) is 5.92 Å². The lowest BCUT2D eigenvalue weighted by Gasteiger charge is -2.08. The van der Waals surface area contributed by atoms with E-state index >= 15 is 0 Å². The normalized spacial score (nSPS) is 11.1. The van der Waals surface area contributed by atoms with Gasteiger partial charge in [-0.3, -0.25) is 0 Å². The van der Waals surface area contributed by atoms with Crippen molar-refractivity contribution >= 4 is 5.82 Å². The Morgan fingerprint density at radius 2 is 2.12 bits per heavy atom. The van der Waals surface area contributed by atoms with Gasteiger partial charge in [0.1, 0.15) is 11.5 Å². The molecule has 3 heteroatoms. The Morgan fingerprint density at radius 1 is 1.35 bits per heavy atom. The van der Waals surface area contributed by atoms with Crippen molar-refractivity contribution in [3.63, 3.8) is 0 Å². The van der Waals surface area contributed by atoms with Gasteiger partial charge in [0.2, 0.25) is 0 Å². The van der Waals surface area contributed by atoms with Gasteiger partial charge in [-0.1, -0.05) is 37.6 Å². The second kappa shape index (κ2) is 4.62. The Kier molecular flexibility index (Phi) is 3.18. The molecule has 0 aliphatic heterocycles. The lowest BCUT2D eigenvalue weighted by molar-refractivity contribution is 0.527. The Labute approximate surface area is 102 Å². The first kappa shape index (κ1) is 11.7. The second-order valence-corrected chi connectivity index (χ2v) is 4.89. The summed E-state index contributed by atoms with van der Waals surface area (Å²) in [4.78, 5) is 4.42. The van der Waals surface area contributed by atoms with E-state index in [0.717, 1.165) is 23.6 Å². The van der Waals surface area contributed by atoms with Crippen molar-refractivity contribution in [3.8, 4) is 11.3 Å². The van der Waals surface area contributed by atoms with Gasteiger partial charge in [-0.15, -0.1) is 0 Å². The summed E-state index contributed by atoms with van der Waals surface area (Å²) in [5.41, 5.74) is 9.33. The first-order chi connectivity index (χ1) is 8.08. The molecule has 2 aromatic rings. The highest BCUT2D eigenvalue weighted by molar-refractivity contribution is 5.70. The molecule has 0 bridgehead atoms. The van der Waals surface area contributed by atoms with Gasteiger partial charge >= 0.3 is 0 Å². The standard InChI is InChI=1S/C14H19N3/c1-10(2)8-17-9-16-13(14(17)15)12-6-4-5-11(3)7-12/h4-7,9-10H,8,15H2,1-3H3. The molecule has 0 aliphatic rings. The van der Waals surface area contributed by atoms with Crippen LogP contribution >= 0.6 is 0 Å². The van der Waals surface area contributed by atoms with Crippen LogP contribution in [0.4, 0.5) is 5.82 Å². The number of rotatable bonds is 3. The van der Waals surface area contributed by atoms with Gasteiger partial charge in [0, 0.05) is 12.1 Å². The molecule has 0 fully saturated rings. The quantitative estimate of drug-likeness (QED) is 0.879. The van der Waals surface area contributed by atoms with Crippen molar-refractivity contribution in [1.82, 2.24) is 9.55 Å². The number of imidazole rings is 1. The molecule has 90 valence electrons. The minimum Gasteiger partial charge on any atom is -0.383 e. The smallest absolute Gasteiger partial charge is 0.131 e. The van der Waals surface area contributed by atoms with E-state index in [1.807, 2.05) is 23.0 Å². The second-order valence-electron chi connectivity index (χ2n) is 4.89. The fourth-order valence-corrected chi connectivity index (χ4v) is 1.95. The third kappa shape index (κ3) is 2.49. The maximum atomic E-state index is 6.13. The van der Waals surface area contributed by atoms with Gasteiger partial charge in [0.25, 0.3) is 0 Å². The number of hydrogen-bond acceptors (Lipinski definition) is 2. The molecule has 2 rings (SSSR count). The Morgan fingerprint density at radius 3 is 2.76 bits per heavy atom. The van der Waals surface area contributed by atoms with Crippen LogP contribution in [0.1, 0.15) is 19.4 Å². The maximum Gasteiger partial charge on any atom is 0.131 e. The zero-order chi connectivity index (χ0) is 12.4. The van der Waals surface area contributed by atoms with E-state index in [4.69, 9.17) is 5.73 Å². The topological polar surface area (TPSA) is 43.8 Å². The van der Waals surface area contributed by atoms with Gasteiger partial charge in [-0.2, -0.15) is 0 Å². The predicted octanol–water partition coefficient (Wildman–Crippen LogP) is 3.10. The van der Waals surface area contributed by atoms with Crippen molar-refractivity contribution < 1.29 is 0 Å². The Bertz CT molecular complexity index is 512. The minimum absolute atomic E-state index is 0.567. The molecule has 0 atom stereocenters. The predicted molar refractivity (Wildman–Crippen MR) is 71.7 cm³/mol. The lowest BCUT2D eigenvalue weighted by Crippen LogP contribution is -2.06. The van der Waals surface area contributed by atoms with E-state index in [-0.39, 0.29) is 0 Å². The maximum absolute atomic E-state index is 6.13. The van der Waals surface area contributed by atoms with Crippen LogP contribution in [0.15, 0.2) is 30.6 Å². The number of aryl methyl sites for hydroxylation is 1. The van der Waals surface area contributed by atoms with Crippen LogP contribution in [0, 0.1) is 12.8 Å². The summed E-state index contributed by atoms with van der Waals surface area (Å²) in [6.45, 7) is 7.33. The van der Waals surface area contributed by atoms with E-state index in [2.05, 4.69) is 37.9 Å². The molecular weight excluding hydrogens is 210 g/mol. The van der Waals surface area contributed by atoms with Crippen molar-refractivity contribution in [3.05, 3.63) is 36.2 Å². The molecule has 0 saturated heterocycles. The zero-order valence-corrected chi connectivity index (χ0v) is 10.6. The molecular formula is C14H19N3. The average Bonchev–Trinajstić information content (AvgIpc) is 2.60.